The Morgan fingerprint density at radius 2 is 0.982 bits per heavy atom. The average Bonchev–Trinajstić information content (AvgIpc) is 3.21. The lowest BCUT2D eigenvalue weighted by Gasteiger charge is -2.26. The fraction of sp³-hybridized carbons (Fsp3) is 0.267. The molecule has 12 nitrogen and oxygen atoms in total. The van der Waals surface area contributed by atoms with Gasteiger partial charge in [-0.1, -0.05) is 115 Å². The maximum absolute atomic E-state index is 14.2. The minimum absolute atomic E-state index is 0.0178. The smallest absolute Gasteiger partial charge is 0.326 e. The van der Waals surface area contributed by atoms with Gasteiger partial charge in [0.1, 0.15) is 29.9 Å². The first-order valence-corrected chi connectivity index (χ1v) is 19.0. The summed E-state index contributed by atoms with van der Waals surface area (Å²) in [7, 11) is 0. The Hall–Kier alpha value is -6.53. The molecule has 8 N–H and O–H groups in total. The molecule has 0 spiro atoms. The Bertz CT molecular complexity index is 2110. The molecule has 5 aromatic rings. The Kier molecular flexibility index (Phi) is 15.3. The van der Waals surface area contributed by atoms with Crippen molar-refractivity contribution in [2.75, 3.05) is 6.54 Å². The highest BCUT2D eigenvalue weighted by Gasteiger charge is 2.32. The van der Waals surface area contributed by atoms with Gasteiger partial charge in [0.15, 0.2) is 0 Å². The van der Waals surface area contributed by atoms with E-state index < -0.39 is 47.9 Å². The predicted molar refractivity (Wildman–Crippen MR) is 218 cm³/mol. The topological polar surface area (TPSA) is 200 Å². The van der Waals surface area contributed by atoms with Crippen molar-refractivity contribution in [2.24, 2.45) is 5.73 Å². The van der Waals surface area contributed by atoms with E-state index in [9.17, 15) is 34.2 Å². The van der Waals surface area contributed by atoms with Crippen LogP contribution in [-0.2, 0) is 49.7 Å². The van der Waals surface area contributed by atoms with E-state index in [2.05, 4.69) is 21.3 Å². The summed E-state index contributed by atoms with van der Waals surface area (Å²) >= 11 is 0. The summed E-state index contributed by atoms with van der Waals surface area (Å²) in [4.78, 5) is 67.8. The summed E-state index contributed by atoms with van der Waals surface area (Å²) < 4.78 is 0. The lowest BCUT2D eigenvalue weighted by atomic mass is 10.0. The number of carbonyl (C=O) groups excluding carboxylic acids is 4. The highest BCUT2D eigenvalue weighted by atomic mass is 16.4. The summed E-state index contributed by atoms with van der Waals surface area (Å²) in [6, 6.07) is 33.1. The molecule has 4 amide bonds. The fourth-order valence-electron chi connectivity index (χ4n) is 6.54. The maximum Gasteiger partial charge on any atom is 0.326 e. The molecule has 0 radical (unpaired) electrons. The first kappa shape index (κ1) is 41.6. The first-order chi connectivity index (χ1) is 27.6. The Morgan fingerprint density at radius 1 is 0.509 bits per heavy atom. The molecular formula is C45H49N5O7. The van der Waals surface area contributed by atoms with Gasteiger partial charge in [0.2, 0.25) is 23.6 Å². The van der Waals surface area contributed by atoms with Gasteiger partial charge in [-0.05, 0) is 71.0 Å². The molecule has 57 heavy (non-hydrogen) atoms. The number of carboxylic acids is 1. The van der Waals surface area contributed by atoms with Gasteiger partial charge in [0, 0.05) is 19.3 Å². The molecule has 0 saturated heterocycles. The molecular weight excluding hydrogens is 723 g/mol. The molecule has 0 fully saturated rings. The third kappa shape index (κ3) is 13.0. The number of phenolic OH excluding ortho intramolecular Hbond substituents is 1. The number of amides is 4. The van der Waals surface area contributed by atoms with Crippen LogP contribution in [0.25, 0.3) is 10.8 Å². The van der Waals surface area contributed by atoms with Crippen molar-refractivity contribution in [3.63, 3.8) is 0 Å². The molecule has 0 saturated carbocycles. The number of unbranched alkanes of at least 4 members (excludes halogenated alkanes) is 1. The lowest BCUT2D eigenvalue weighted by Crippen LogP contribution is -2.58. The van der Waals surface area contributed by atoms with E-state index >= 15 is 0 Å². The van der Waals surface area contributed by atoms with Gasteiger partial charge in [-0.2, -0.15) is 0 Å². The molecule has 5 rings (SSSR count). The molecule has 0 bridgehead atoms. The van der Waals surface area contributed by atoms with E-state index in [0.29, 0.717) is 24.9 Å². The number of carboxylic acid groups (broad SMARTS) is 1. The third-order valence-corrected chi connectivity index (χ3v) is 9.60. The molecule has 0 aliphatic heterocycles. The van der Waals surface area contributed by atoms with E-state index in [1.54, 1.807) is 24.3 Å². The zero-order chi connectivity index (χ0) is 40.6. The van der Waals surface area contributed by atoms with Crippen LogP contribution >= 0.6 is 0 Å². The second-order valence-electron chi connectivity index (χ2n) is 14.0. The summed E-state index contributed by atoms with van der Waals surface area (Å²) in [5, 5.41) is 32.7. The van der Waals surface area contributed by atoms with Crippen molar-refractivity contribution in [3.8, 4) is 5.75 Å². The molecule has 4 atom stereocenters. The highest BCUT2D eigenvalue weighted by Crippen LogP contribution is 2.17. The third-order valence-electron chi connectivity index (χ3n) is 9.60. The van der Waals surface area contributed by atoms with E-state index in [4.69, 9.17) is 5.73 Å². The number of hydrogen-bond donors (Lipinski definition) is 7. The molecule has 0 aliphatic rings. The number of phenols is 1. The molecule has 296 valence electrons. The van der Waals surface area contributed by atoms with E-state index in [-0.39, 0.29) is 43.8 Å². The Labute approximate surface area is 331 Å². The predicted octanol–water partition coefficient (Wildman–Crippen LogP) is 3.97. The van der Waals surface area contributed by atoms with Crippen LogP contribution in [0.3, 0.4) is 0 Å². The van der Waals surface area contributed by atoms with Crippen molar-refractivity contribution in [2.45, 2.75) is 69.1 Å². The number of aromatic hydroxyl groups is 1. The minimum Gasteiger partial charge on any atom is -0.508 e. The number of nitrogens with one attached hydrogen (secondary N) is 4. The number of aliphatic carboxylic acids is 1. The average molecular weight is 772 g/mol. The number of rotatable bonds is 20. The number of benzene rings is 5. The molecule has 0 unspecified atom stereocenters. The SMILES string of the molecule is NCCCC[C@@H](NC(=O)[C@@H](Cc1ccccc1)NC(=O)[C@@H](Cc1ccccc1)NC(=O)Cc1ccc2ccccc2c1)C(=O)N[C@H](Cc1ccc(O)cc1)C(=O)O. The minimum atomic E-state index is -1.33. The molecule has 0 aliphatic carbocycles. The van der Waals surface area contributed by atoms with Crippen molar-refractivity contribution in [1.82, 2.24) is 21.3 Å². The zero-order valence-corrected chi connectivity index (χ0v) is 31.6. The van der Waals surface area contributed by atoms with Crippen LogP contribution in [0.15, 0.2) is 127 Å². The Morgan fingerprint density at radius 3 is 1.58 bits per heavy atom. The van der Waals surface area contributed by atoms with Gasteiger partial charge >= 0.3 is 5.97 Å². The van der Waals surface area contributed by atoms with Crippen LogP contribution in [0.2, 0.25) is 0 Å². The summed E-state index contributed by atoms with van der Waals surface area (Å²) in [6.45, 7) is 0.350. The van der Waals surface area contributed by atoms with Gasteiger partial charge in [0.05, 0.1) is 6.42 Å². The van der Waals surface area contributed by atoms with E-state index in [1.807, 2.05) is 91.0 Å². The number of fused-ring (bicyclic) bond motifs is 1. The number of carbonyl (C=O) groups is 5. The standard InChI is InChI=1S/C45H49N5O7/c46-24-10-9-17-37(42(53)50-40(45(56)57)28-32-19-22-36(51)23-20-32)48-44(55)39(27-31-13-5-2-6-14-31)49-43(54)38(26-30-11-3-1-4-12-30)47-41(52)29-33-18-21-34-15-7-8-16-35(34)25-33/h1-8,11-16,18-23,25,37-40,51H,9-10,17,24,26-29,46H2,(H,47,52)(H,48,55)(H,49,54)(H,50,53)(H,56,57)/t37-,38-,39-,40-/m1/s1. The van der Waals surface area contributed by atoms with Crippen LogP contribution in [0, 0.1) is 0 Å². The van der Waals surface area contributed by atoms with Gasteiger partial charge in [0.25, 0.3) is 0 Å². The number of nitrogens with two attached hydrogens (primary N) is 1. The quantitative estimate of drug-likeness (QED) is 0.0577. The molecule has 5 aromatic carbocycles. The van der Waals surface area contributed by atoms with Crippen LogP contribution in [0.5, 0.6) is 5.75 Å². The molecule has 0 heterocycles. The van der Waals surface area contributed by atoms with Gasteiger partial charge in [-0.3, -0.25) is 19.2 Å². The van der Waals surface area contributed by atoms with E-state index in [1.165, 1.54) is 12.1 Å². The van der Waals surface area contributed by atoms with E-state index in [0.717, 1.165) is 27.5 Å². The van der Waals surface area contributed by atoms with Crippen LogP contribution < -0.4 is 27.0 Å². The lowest BCUT2D eigenvalue weighted by molar-refractivity contribution is -0.142. The van der Waals surface area contributed by atoms with Crippen molar-refractivity contribution >= 4 is 40.4 Å². The largest absolute Gasteiger partial charge is 0.508 e. The highest BCUT2D eigenvalue weighted by molar-refractivity contribution is 5.95. The van der Waals surface area contributed by atoms with Gasteiger partial charge in [-0.25, -0.2) is 4.79 Å². The van der Waals surface area contributed by atoms with Crippen LogP contribution in [0.4, 0.5) is 0 Å². The number of hydrogen-bond acceptors (Lipinski definition) is 7. The van der Waals surface area contributed by atoms with Gasteiger partial charge in [-0.15, -0.1) is 0 Å². The first-order valence-electron chi connectivity index (χ1n) is 19.0. The second-order valence-corrected chi connectivity index (χ2v) is 14.0. The van der Waals surface area contributed by atoms with Gasteiger partial charge < -0.3 is 37.2 Å². The van der Waals surface area contributed by atoms with Crippen molar-refractivity contribution in [1.29, 1.82) is 0 Å². The summed E-state index contributed by atoms with van der Waals surface area (Å²) in [5.74, 6) is -3.59. The van der Waals surface area contributed by atoms with Crippen LogP contribution in [0.1, 0.15) is 41.5 Å². The summed E-state index contributed by atoms with van der Waals surface area (Å²) in [6.07, 6.45) is 1.36. The van der Waals surface area contributed by atoms with Crippen LogP contribution in [-0.4, -0.2) is 70.5 Å². The Balaban J connectivity index is 1.35. The zero-order valence-electron chi connectivity index (χ0n) is 31.6. The monoisotopic (exact) mass is 771 g/mol. The summed E-state index contributed by atoms with van der Waals surface area (Å²) in [5.41, 5.74) is 8.60. The van der Waals surface area contributed by atoms with Crippen molar-refractivity contribution < 1.29 is 34.2 Å². The maximum atomic E-state index is 14.2. The molecule has 12 heteroatoms. The van der Waals surface area contributed by atoms with Crippen molar-refractivity contribution in [3.05, 3.63) is 150 Å². The molecule has 0 aromatic heterocycles. The normalized spacial score (nSPS) is 13.1. The fourth-order valence-corrected chi connectivity index (χ4v) is 6.54. The second kappa shape index (κ2) is 21.0.